The van der Waals surface area contributed by atoms with Gasteiger partial charge in [0.05, 0.1) is 25.9 Å². The molecule has 0 aliphatic heterocycles. The van der Waals surface area contributed by atoms with Gasteiger partial charge in [0.15, 0.2) is 0 Å². The van der Waals surface area contributed by atoms with Crippen molar-refractivity contribution < 1.29 is 14.6 Å². The van der Waals surface area contributed by atoms with E-state index in [1.165, 1.54) is 16.7 Å². The number of ether oxygens (including phenoxy) is 2. The van der Waals surface area contributed by atoms with E-state index in [0.717, 1.165) is 45.1 Å². The Hall–Kier alpha value is -0.940. The third-order valence-corrected chi connectivity index (χ3v) is 5.88. The van der Waals surface area contributed by atoms with E-state index in [9.17, 15) is 5.11 Å². The molecule has 0 heterocycles. The smallest absolute Gasteiger partial charge is 0.0704 e. The Labute approximate surface area is 158 Å². The maximum absolute atomic E-state index is 9.49. The van der Waals surface area contributed by atoms with Crippen LogP contribution in [0.2, 0.25) is 0 Å². The van der Waals surface area contributed by atoms with Gasteiger partial charge in [-0.1, -0.05) is 32.0 Å². The van der Waals surface area contributed by atoms with Gasteiger partial charge in [-0.05, 0) is 67.1 Å². The Balaban J connectivity index is 1.50. The number of benzene rings is 1. The van der Waals surface area contributed by atoms with Gasteiger partial charge in [-0.2, -0.15) is 0 Å². The molecule has 1 unspecified atom stereocenters. The summed E-state index contributed by atoms with van der Waals surface area (Å²) in [6.07, 6.45) is 6.38. The lowest BCUT2D eigenvalue weighted by Crippen LogP contribution is -2.40. The number of fused-ring (bicyclic) bond motifs is 1. The van der Waals surface area contributed by atoms with E-state index >= 15 is 0 Å². The van der Waals surface area contributed by atoms with E-state index in [2.05, 4.69) is 32.0 Å². The molecule has 1 aromatic rings. The van der Waals surface area contributed by atoms with Crippen LogP contribution in [0.3, 0.4) is 0 Å². The zero-order valence-corrected chi connectivity index (χ0v) is 16.4. The second-order valence-corrected chi connectivity index (χ2v) is 8.69. The first-order valence-corrected chi connectivity index (χ1v) is 10.2. The first-order valence-electron chi connectivity index (χ1n) is 10.2. The average molecular weight is 362 g/mol. The molecule has 4 nitrogen and oxygen atoms in total. The van der Waals surface area contributed by atoms with Gasteiger partial charge in [0, 0.05) is 12.1 Å². The normalized spacial score (nSPS) is 28.5. The summed E-state index contributed by atoms with van der Waals surface area (Å²) in [7, 11) is 0. The van der Waals surface area contributed by atoms with Crippen LogP contribution in [0.25, 0.3) is 0 Å². The first kappa shape index (κ1) is 19.8. The van der Waals surface area contributed by atoms with Crippen LogP contribution in [0.15, 0.2) is 18.2 Å². The summed E-state index contributed by atoms with van der Waals surface area (Å²) in [5, 5.41) is 9.49. The lowest BCUT2D eigenvalue weighted by atomic mass is 9.85. The summed E-state index contributed by atoms with van der Waals surface area (Å²) < 4.78 is 11.6. The molecule has 0 radical (unpaired) electrons. The molecule has 26 heavy (non-hydrogen) atoms. The van der Waals surface area contributed by atoms with Gasteiger partial charge in [-0.25, -0.2) is 0 Å². The maximum Gasteiger partial charge on any atom is 0.0704 e. The van der Waals surface area contributed by atoms with Gasteiger partial charge in [-0.3, -0.25) is 0 Å². The summed E-state index contributed by atoms with van der Waals surface area (Å²) in [6, 6.07) is 6.93. The maximum atomic E-state index is 9.49. The van der Waals surface area contributed by atoms with Crippen molar-refractivity contribution in [3.05, 3.63) is 34.9 Å². The number of hydrogen-bond donors (Lipinski definition) is 2. The Kier molecular flexibility index (Phi) is 6.73. The van der Waals surface area contributed by atoms with Crippen LogP contribution in [0.5, 0.6) is 0 Å². The predicted octanol–water partition coefficient (Wildman–Crippen LogP) is 3.19. The fourth-order valence-electron chi connectivity index (χ4n) is 4.32. The lowest BCUT2D eigenvalue weighted by Gasteiger charge is -2.26. The van der Waals surface area contributed by atoms with Crippen LogP contribution in [-0.2, 0) is 22.3 Å². The minimum Gasteiger partial charge on any atom is -0.394 e. The molecule has 0 spiro atoms. The molecule has 1 fully saturated rings. The number of aryl methyl sites for hydroxylation is 1. The largest absolute Gasteiger partial charge is 0.394 e. The van der Waals surface area contributed by atoms with E-state index in [4.69, 9.17) is 15.2 Å². The van der Waals surface area contributed by atoms with Crippen molar-refractivity contribution in [1.29, 1.82) is 0 Å². The Morgan fingerprint density at radius 1 is 1.23 bits per heavy atom. The van der Waals surface area contributed by atoms with Crippen molar-refractivity contribution in [3.63, 3.8) is 0 Å². The highest BCUT2D eigenvalue weighted by Crippen LogP contribution is 2.40. The van der Waals surface area contributed by atoms with Gasteiger partial charge >= 0.3 is 0 Å². The van der Waals surface area contributed by atoms with E-state index in [-0.39, 0.29) is 12.1 Å². The number of hydrogen-bond acceptors (Lipinski definition) is 4. The SMILES string of the molecule is CC(C)COCCOC1CCc2cc([C@H]3CC[C@](N)(CO)C3)ccc2C1. The second kappa shape index (κ2) is 8.83. The third kappa shape index (κ3) is 5.07. The lowest BCUT2D eigenvalue weighted by molar-refractivity contribution is -0.00542. The fraction of sp³-hybridized carbons (Fsp3) is 0.727. The van der Waals surface area contributed by atoms with Gasteiger partial charge < -0.3 is 20.3 Å². The zero-order valence-electron chi connectivity index (χ0n) is 16.4. The Morgan fingerprint density at radius 2 is 2.08 bits per heavy atom. The van der Waals surface area contributed by atoms with Crippen molar-refractivity contribution >= 4 is 0 Å². The predicted molar refractivity (Wildman–Crippen MR) is 104 cm³/mol. The van der Waals surface area contributed by atoms with Gasteiger partial charge in [0.1, 0.15) is 0 Å². The zero-order chi connectivity index (χ0) is 18.6. The number of aliphatic hydroxyl groups excluding tert-OH is 1. The quantitative estimate of drug-likeness (QED) is 0.698. The molecule has 0 saturated heterocycles. The molecule has 2 aliphatic carbocycles. The first-order chi connectivity index (χ1) is 12.5. The number of aliphatic hydroxyl groups is 1. The molecule has 1 aromatic carbocycles. The molecular formula is C22H35NO3. The summed E-state index contributed by atoms with van der Waals surface area (Å²) in [6.45, 7) is 6.60. The van der Waals surface area contributed by atoms with E-state index in [1.807, 2.05) is 0 Å². The highest BCUT2D eigenvalue weighted by molar-refractivity contribution is 5.36. The fourth-order valence-corrected chi connectivity index (χ4v) is 4.32. The molecule has 0 aromatic heterocycles. The second-order valence-electron chi connectivity index (χ2n) is 8.69. The van der Waals surface area contributed by atoms with Crippen molar-refractivity contribution in [2.24, 2.45) is 11.7 Å². The highest BCUT2D eigenvalue weighted by atomic mass is 16.5. The number of nitrogens with two attached hydrogens (primary N) is 1. The van der Waals surface area contributed by atoms with Gasteiger partial charge in [-0.15, -0.1) is 0 Å². The molecule has 0 amide bonds. The molecule has 2 aliphatic rings. The van der Waals surface area contributed by atoms with Crippen LogP contribution in [-0.4, -0.2) is 43.2 Å². The van der Waals surface area contributed by atoms with Crippen molar-refractivity contribution in [3.8, 4) is 0 Å². The molecule has 4 heteroatoms. The van der Waals surface area contributed by atoms with Crippen molar-refractivity contribution in [1.82, 2.24) is 0 Å². The summed E-state index contributed by atoms with van der Waals surface area (Å²) in [5.41, 5.74) is 10.2. The van der Waals surface area contributed by atoms with Crippen LogP contribution in [0.4, 0.5) is 0 Å². The highest BCUT2D eigenvalue weighted by Gasteiger charge is 2.36. The Morgan fingerprint density at radius 3 is 2.81 bits per heavy atom. The topological polar surface area (TPSA) is 64.7 Å². The van der Waals surface area contributed by atoms with Crippen LogP contribution >= 0.6 is 0 Å². The van der Waals surface area contributed by atoms with E-state index in [1.54, 1.807) is 0 Å². The molecule has 1 saturated carbocycles. The van der Waals surface area contributed by atoms with Crippen molar-refractivity contribution in [2.75, 3.05) is 26.4 Å². The van der Waals surface area contributed by atoms with Crippen molar-refractivity contribution in [2.45, 2.75) is 69.9 Å². The molecule has 146 valence electrons. The van der Waals surface area contributed by atoms with E-state index in [0.29, 0.717) is 31.2 Å². The van der Waals surface area contributed by atoms with Gasteiger partial charge in [0.25, 0.3) is 0 Å². The monoisotopic (exact) mass is 361 g/mol. The summed E-state index contributed by atoms with van der Waals surface area (Å²) in [4.78, 5) is 0. The van der Waals surface area contributed by atoms with Crippen LogP contribution in [0, 0.1) is 5.92 Å². The molecule has 0 bridgehead atoms. The Bertz CT molecular complexity index is 589. The summed E-state index contributed by atoms with van der Waals surface area (Å²) >= 11 is 0. The van der Waals surface area contributed by atoms with E-state index < -0.39 is 0 Å². The summed E-state index contributed by atoms with van der Waals surface area (Å²) in [5.74, 6) is 1.07. The minimum atomic E-state index is -0.378. The minimum absolute atomic E-state index is 0.0916. The average Bonchev–Trinajstić information content (AvgIpc) is 3.04. The molecular weight excluding hydrogens is 326 g/mol. The molecule has 3 atom stereocenters. The number of rotatable bonds is 8. The third-order valence-electron chi connectivity index (χ3n) is 5.88. The molecule has 3 N–H and O–H groups in total. The standard InChI is InChI=1S/C22H35NO3/c1-16(2)14-25-9-10-26-21-6-5-17-11-18(3-4-19(17)12-21)20-7-8-22(23,13-20)15-24/h3-4,11,16,20-21,24H,5-10,12-15,23H2,1-2H3/t20-,21?,22+/m0/s1. The van der Waals surface area contributed by atoms with Crippen LogP contribution in [0.1, 0.15) is 62.1 Å². The van der Waals surface area contributed by atoms with Gasteiger partial charge in [0.2, 0.25) is 0 Å². The van der Waals surface area contributed by atoms with Crippen LogP contribution < -0.4 is 5.73 Å². The molecule has 3 rings (SSSR count).